The third-order valence-corrected chi connectivity index (χ3v) is 2.88. The summed E-state index contributed by atoms with van der Waals surface area (Å²) in [6.07, 6.45) is 1.70. The predicted molar refractivity (Wildman–Crippen MR) is 81.9 cm³/mol. The van der Waals surface area contributed by atoms with Crippen LogP contribution in [0, 0.1) is 0 Å². The van der Waals surface area contributed by atoms with Crippen molar-refractivity contribution >= 4 is 11.7 Å². The Morgan fingerprint density at radius 3 is 2.76 bits per heavy atom. The number of anilines is 1. The molecule has 21 heavy (non-hydrogen) atoms. The molecule has 0 saturated heterocycles. The van der Waals surface area contributed by atoms with E-state index in [1.54, 1.807) is 6.20 Å². The molecule has 2 amide bonds. The monoisotopic (exact) mass is 285 g/mol. The lowest BCUT2D eigenvalue weighted by Crippen LogP contribution is -2.28. The van der Waals surface area contributed by atoms with Crippen LogP contribution in [0.2, 0.25) is 0 Å². The van der Waals surface area contributed by atoms with Crippen LogP contribution in [0.1, 0.15) is 18.2 Å². The molecule has 2 aromatic rings. The SMILES string of the molecule is CCOCc1ccccc1NC(=O)NCc1ccccn1. The average molecular weight is 285 g/mol. The molecule has 2 rings (SSSR count). The lowest BCUT2D eigenvalue weighted by atomic mass is 10.2. The van der Waals surface area contributed by atoms with E-state index in [1.165, 1.54) is 0 Å². The van der Waals surface area contributed by atoms with E-state index < -0.39 is 0 Å². The fraction of sp³-hybridized carbons (Fsp3) is 0.250. The van der Waals surface area contributed by atoms with Gasteiger partial charge in [-0.1, -0.05) is 24.3 Å². The number of benzene rings is 1. The molecule has 0 saturated carbocycles. The van der Waals surface area contributed by atoms with Gasteiger partial charge < -0.3 is 15.4 Å². The van der Waals surface area contributed by atoms with E-state index in [0.29, 0.717) is 19.8 Å². The molecule has 0 unspecified atom stereocenters. The minimum absolute atomic E-state index is 0.260. The normalized spacial score (nSPS) is 10.1. The van der Waals surface area contributed by atoms with Gasteiger partial charge in [-0.25, -0.2) is 4.79 Å². The third-order valence-electron chi connectivity index (χ3n) is 2.88. The zero-order valence-corrected chi connectivity index (χ0v) is 12.0. The van der Waals surface area contributed by atoms with Gasteiger partial charge >= 0.3 is 6.03 Å². The summed E-state index contributed by atoms with van der Waals surface area (Å²) in [5, 5.41) is 5.61. The summed E-state index contributed by atoms with van der Waals surface area (Å²) in [4.78, 5) is 16.1. The molecule has 1 heterocycles. The Morgan fingerprint density at radius 1 is 1.19 bits per heavy atom. The van der Waals surface area contributed by atoms with Crippen molar-refractivity contribution in [2.24, 2.45) is 0 Å². The predicted octanol–water partition coefficient (Wildman–Crippen LogP) is 2.94. The molecule has 0 aliphatic rings. The van der Waals surface area contributed by atoms with Crippen molar-refractivity contribution in [1.29, 1.82) is 0 Å². The summed E-state index contributed by atoms with van der Waals surface area (Å²) in [6, 6.07) is 12.9. The summed E-state index contributed by atoms with van der Waals surface area (Å²) in [6.45, 7) is 3.45. The lowest BCUT2D eigenvalue weighted by molar-refractivity contribution is 0.134. The fourth-order valence-electron chi connectivity index (χ4n) is 1.82. The van der Waals surface area contributed by atoms with Crippen LogP contribution < -0.4 is 10.6 Å². The summed E-state index contributed by atoms with van der Waals surface area (Å²) in [5.74, 6) is 0. The number of aromatic nitrogens is 1. The van der Waals surface area contributed by atoms with Crippen LogP contribution >= 0.6 is 0 Å². The van der Waals surface area contributed by atoms with Crippen molar-refractivity contribution in [2.45, 2.75) is 20.1 Å². The van der Waals surface area contributed by atoms with E-state index >= 15 is 0 Å². The van der Waals surface area contributed by atoms with Crippen molar-refractivity contribution in [1.82, 2.24) is 10.3 Å². The van der Waals surface area contributed by atoms with E-state index in [9.17, 15) is 4.79 Å². The van der Waals surface area contributed by atoms with Gasteiger partial charge in [-0.3, -0.25) is 4.98 Å². The first-order valence-electron chi connectivity index (χ1n) is 6.90. The maximum absolute atomic E-state index is 11.9. The van der Waals surface area contributed by atoms with Crippen LogP contribution in [0.5, 0.6) is 0 Å². The third kappa shape index (κ3) is 4.89. The number of nitrogens with one attached hydrogen (secondary N) is 2. The number of amides is 2. The number of pyridine rings is 1. The first kappa shape index (κ1) is 15.0. The molecule has 110 valence electrons. The van der Waals surface area contributed by atoms with Gasteiger partial charge in [-0.2, -0.15) is 0 Å². The van der Waals surface area contributed by atoms with Crippen LogP contribution in [-0.4, -0.2) is 17.6 Å². The van der Waals surface area contributed by atoms with Crippen LogP contribution in [0.25, 0.3) is 0 Å². The summed E-state index contributed by atoms with van der Waals surface area (Å²) in [5.41, 5.74) is 2.52. The molecule has 0 aliphatic carbocycles. The number of carbonyl (C=O) groups excluding carboxylic acids is 1. The number of ether oxygens (including phenoxy) is 1. The van der Waals surface area contributed by atoms with Gasteiger partial charge in [0.15, 0.2) is 0 Å². The van der Waals surface area contributed by atoms with Gasteiger partial charge in [0.2, 0.25) is 0 Å². The first-order valence-corrected chi connectivity index (χ1v) is 6.90. The largest absolute Gasteiger partial charge is 0.377 e. The summed E-state index contributed by atoms with van der Waals surface area (Å²) >= 11 is 0. The van der Waals surface area contributed by atoms with Gasteiger partial charge in [-0.05, 0) is 25.1 Å². The molecular formula is C16H19N3O2. The van der Waals surface area contributed by atoms with Crippen molar-refractivity contribution in [3.8, 4) is 0 Å². The Kier molecular flexibility index (Phi) is 5.72. The molecule has 0 radical (unpaired) electrons. The average Bonchev–Trinajstić information content (AvgIpc) is 2.53. The molecule has 0 aliphatic heterocycles. The second kappa shape index (κ2) is 8.01. The maximum Gasteiger partial charge on any atom is 0.319 e. The fourth-order valence-corrected chi connectivity index (χ4v) is 1.82. The van der Waals surface area contributed by atoms with Crippen molar-refractivity contribution in [2.75, 3.05) is 11.9 Å². The summed E-state index contributed by atoms with van der Waals surface area (Å²) < 4.78 is 5.39. The van der Waals surface area contributed by atoms with Crippen LogP contribution in [0.4, 0.5) is 10.5 Å². The Labute approximate surface area is 124 Å². The Hall–Kier alpha value is -2.40. The zero-order valence-electron chi connectivity index (χ0n) is 12.0. The highest BCUT2D eigenvalue weighted by Crippen LogP contribution is 2.15. The van der Waals surface area contributed by atoms with E-state index in [-0.39, 0.29) is 6.03 Å². The lowest BCUT2D eigenvalue weighted by Gasteiger charge is -2.11. The Balaban J connectivity index is 1.90. The van der Waals surface area contributed by atoms with Gasteiger partial charge in [0.05, 0.1) is 18.8 Å². The van der Waals surface area contributed by atoms with E-state index in [4.69, 9.17) is 4.74 Å². The molecule has 5 heteroatoms. The van der Waals surface area contributed by atoms with Gasteiger partial charge in [0.1, 0.15) is 0 Å². The van der Waals surface area contributed by atoms with Gasteiger partial charge in [0, 0.05) is 24.1 Å². The Bertz CT molecular complexity index is 573. The minimum Gasteiger partial charge on any atom is -0.377 e. The highest BCUT2D eigenvalue weighted by atomic mass is 16.5. The molecule has 0 bridgehead atoms. The number of carbonyl (C=O) groups is 1. The van der Waals surface area contributed by atoms with Crippen molar-refractivity contribution in [3.05, 3.63) is 59.9 Å². The molecule has 1 aromatic heterocycles. The first-order chi connectivity index (χ1) is 10.3. The van der Waals surface area contributed by atoms with Crippen LogP contribution in [0.15, 0.2) is 48.7 Å². The topological polar surface area (TPSA) is 63.2 Å². The molecule has 0 spiro atoms. The Morgan fingerprint density at radius 2 is 2.00 bits per heavy atom. The molecule has 0 fully saturated rings. The second-order valence-corrected chi connectivity index (χ2v) is 4.42. The zero-order chi connectivity index (χ0) is 14.9. The summed E-state index contributed by atoms with van der Waals surface area (Å²) in [7, 11) is 0. The quantitative estimate of drug-likeness (QED) is 0.857. The standard InChI is InChI=1S/C16H19N3O2/c1-2-21-12-13-7-3-4-9-15(13)19-16(20)18-11-14-8-5-6-10-17-14/h3-10H,2,11-12H2,1H3,(H2,18,19,20). The van der Waals surface area contributed by atoms with Crippen LogP contribution in [0.3, 0.4) is 0 Å². The second-order valence-electron chi connectivity index (χ2n) is 4.42. The number of hydrogen-bond acceptors (Lipinski definition) is 3. The number of nitrogens with zero attached hydrogens (tertiary/aromatic N) is 1. The number of rotatable bonds is 6. The molecular weight excluding hydrogens is 266 g/mol. The maximum atomic E-state index is 11.9. The highest BCUT2D eigenvalue weighted by Gasteiger charge is 2.06. The molecule has 5 nitrogen and oxygen atoms in total. The smallest absolute Gasteiger partial charge is 0.319 e. The van der Waals surface area contributed by atoms with Crippen molar-refractivity contribution < 1.29 is 9.53 Å². The minimum atomic E-state index is -0.260. The van der Waals surface area contributed by atoms with E-state index in [2.05, 4.69) is 15.6 Å². The molecule has 0 atom stereocenters. The van der Waals surface area contributed by atoms with Crippen molar-refractivity contribution in [3.63, 3.8) is 0 Å². The number of para-hydroxylation sites is 1. The van der Waals surface area contributed by atoms with Crippen LogP contribution in [-0.2, 0) is 17.9 Å². The van der Waals surface area contributed by atoms with Gasteiger partial charge in [0.25, 0.3) is 0 Å². The van der Waals surface area contributed by atoms with E-state index in [1.807, 2.05) is 49.4 Å². The molecule has 1 aromatic carbocycles. The van der Waals surface area contributed by atoms with Gasteiger partial charge in [-0.15, -0.1) is 0 Å². The van der Waals surface area contributed by atoms with E-state index in [0.717, 1.165) is 16.9 Å². The molecule has 2 N–H and O–H groups in total. The highest BCUT2D eigenvalue weighted by molar-refractivity contribution is 5.89. The number of urea groups is 1. The number of hydrogen-bond donors (Lipinski definition) is 2.